The van der Waals surface area contributed by atoms with E-state index in [1.807, 2.05) is 0 Å². The fraction of sp³-hybridized carbons (Fsp3) is 0.714. The van der Waals surface area contributed by atoms with E-state index >= 15 is 0 Å². The summed E-state index contributed by atoms with van der Waals surface area (Å²) in [5, 5.41) is 0. The average Bonchev–Trinajstić information content (AvgIpc) is 1.66. The molecule has 1 heteroatoms. The molecule has 2 radical (unpaired) electrons. The molecule has 0 fully saturated rings. The van der Waals surface area contributed by atoms with E-state index in [0.717, 1.165) is 21.5 Å². The third-order valence-corrected chi connectivity index (χ3v) is 1.52. The fourth-order valence-corrected chi connectivity index (χ4v) is 0.851. The Morgan fingerprint density at radius 1 is 1.50 bits per heavy atom. The minimum absolute atomic E-state index is 0.758. The molecule has 0 rings (SSSR count). The first kappa shape index (κ1) is 7.78. The summed E-state index contributed by atoms with van der Waals surface area (Å²) in [5.74, 6) is 3.04. The van der Waals surface area contributed by atoms with E-state index in [-0.39, 0.29) is 0 Å². The summed E-state index contributed by atoms with van der Waals surface area (Å²) in [5.41, 5.74) is 3.87. The van der Waals surface area contributed by atoms with Gasteiger partial charge in [0.25, 0.3) is 0 Å². The molecule has 0 bridgehead atoms. The molecule has 0 aromatic carbocycles. The van der Waals surface area contributed by atoms with Crippen LogP contribution >= 0.6 is 0 Å². The lowest BCUT2D eigenvalue weighted by Gasteiger charge is -1.89. The molecular weight excluding hydrogens is 112 g/mol. The molecular formula is C7H12Si. The molecule has 0 aromatic rings. The van der Waals surface area contributed by atoms with Crippen molar-refractivity contribution in [3.8, 4) is 11.5 Å². The summed E-state index contributed by atoms with van der Waals surface area (Å²) >= 11 is 0. The highest BCUT2D eigenvalue weighted by Gasteiger charge is 1.87. The predicted octanol–water partition coefficient (Wildman–Crippen LogP) is 1.89. The topological polar surface area (TPSA) is 0 Å². The van der Waals surface area contributed by atoms with Crippen LogP contribution in [0.15, 0.2) is 0 Å². The van der Waals surface area contributed by atoms with Gasteiger partial charge >= 0.3 is 0 Å². The molecule has 0 saturated carbocycles. The SMILES string of the molecule is CCC#C[Si]C(C)C. The lowest BCUT2D eigenvalue weighted by atomic mass is 10.5. The lowest BCUT2D eigenvalue weighted by molar-refractivity contribution is 1.07. The van der Waals surface area contributed by atoms with E-state index in [4.69, 9.17) is 0 Å². The zero-order valence-corrected chi connectivity index (χ0v) is 6.78. The first-order chi connectivity index (χ1) is 3.77. The van der Waals surface area contributed by atoms with Gasteiger partial charge in [-0.05, 0) is 5.54 Å². The number of hydrogen-bond donors (Lipinski definition) is 0. The predicted molar refractivity (Wildman–Crippen MR) is 38.9 cm³/mol. The van der Waals surface area contributed by atoms with Crippen LogP contribution in [0, 0.1) is 11.5 Å². The van der Waals surface area contributed by atoms with Gasteiger partial charge in [0.2, 0.25) is 0 Å². The minimum Gasteiger partial charge on any atom is -0.135 e. The van der Waals surface area contributed by atoms with E-state index in [0.29, 0.717) is 0 Å². The Bertz CT molecular complexity index is 94.7. The normalized spacial score (nSPS) is 8.50. The summed E-state index contributed by atoms with van der Waals surface area (Å²) in [6.45, 7) is 6.48. The molecule has 0 aliphatic heterocycles. The molecule has 0 spiro atoms. The standard InChI is InChI=1S/C7H12Si/c1-4-5-6-8-7(2)3/h7H,4H2,1-3H3. The highest BCUT2D eigenvalue weighted by atomic mass is 28.2. The molecule has 0 aromatic heterocycles. The van der Waals surface area contributed by atoms with Crippen LogP contribution in [0.3, 0.4) is 0 Å². The van der Waals surface area contributed by atoms with Gasteiger partial charge in [0.15, 0.2) is 9.52 Å². The maximum Gasteiger partial charge on any atom is 0.150 e. The van der Waals surface area contributed by atoms with Crippen molar-refractivity contribution in [3.05, 3.63) is 0 Å². The molecule has 0 heterocycles. The van der Waals surface area contributed by atoms with Gasteiger partial charge in [0, 0.05) is 6.42 Å². The van der Waals surface area contributed by atoms with Crippen molar-refractivity contribution < 1.29 is 0 Å². The Kier molecular flexibility index (Phi) is 4.79. The second kappa shape index (κ2) is 4.92. The molecule has 0 atom stereocenters. The van der Waals surface area contributed by atoms with Gasteiger partial charge in [-0.25, -0.2) is 0 Å². The van der Waals surface area contributed by atoms with E-state index < -0.39 is 0 Å². The largest absolute Gasteiger partial charge is 0.150 e. The van der Waals surface area contributed by atoms with Crippen LogP contribution in [0.25, 0.3) is 0 Å². The van der Waals surface area contributed by atoms with Crippen LogP contribution < -0.4 is 0 Å². The zero-order chi connectivity index (χ0) is 6.41. The van der Waals surface area contributed by atoms with Crippen LogP contribution in [-0.2, 0) is 0 Å². The van der Waals surface area contributed by atoms with Crippen LogP contribution in [0.4, 0.5) is 0 Å². The van der Waals surface area contributed by atoms with E-state index in [1.165, 1.54) is 0 Å². The summed E-state index contributed by atoms with van der Waals surface area (Å²) < 4.78 is 0. The summed E-state index contributed by atoms with van der Waals surface area (Å²) in [6.07, 6.45) is 1.000. The maximum absolute atomic E-state index is 3.11. The summed E-state index contributed by atoms with van der Waals surface area (Å²) in [4.78, 5) is 0. The third-order valence-electron chi connectivity index (χ3n) is 0.626. The van der Waals surface area contributed by atoms with Crippen molar-refractivity contribution >= 4 is 9.52 Å². The van der Waals surface area contributed by atoms with Gasteiger partial charge < -0.3 is 0 Å². The van der Waals surface area contributed by atoms with Crippen molar-refractivity contribution in [2.75, 3.05) is 0 Å². The van der Waals surface area contributed by atoms with Gasteiger partial charge in [-0.1, -0.05) is 20.8 Å². The molecule has 8 heavy (non-hydrogen) atoms. The molecule has 0 aliphatic carbocycles. The van der Waals surface area contributed by atoms with Gasteiger partial charge in [0.1, 0.15) is 0 Å². The average molecular weight is 124 g/mol. The molecule has 0 nitrogen and oxygen atoms in total. The Morgan fingerprint density at radius 3 is 2.50 bits per heavy atom. The van der Waals surface area contributed by atoms with Crippen molar-refractivity contribution in [1.82, 2.24) is 0 Å². The van der Waals surface area contributed by atoms with Gasteiger partial charge in [0.05, 0.1) is 0 Å². The number of hydrogen-bond acceptors (Lipinski definition) is 0. The van der Waals surface area contributed by atoms with Crippen LogP contribution in [0.2, 0.25) is 5.54 Å². The quantitative estimate of drug-likeness (QED) is 0.370. The van der Waals surface area contributed by atoms with Crippen molar-refractivity contribution in [2.24, 2.45) is 0 Å². The van der Waals surface area contributed by atoms with Crippen LogP contribution in [0.5, 0.6) is 0 Å². The van der Waals surface area contributed by atoms with E-state index in [9.17, 15) is 0 Å². The Hall–Kier alpha value is -0.223. The summed E-state index contributed by atoms with van der Waals surface area (Å²) in [6, 6.07) is 0. The fourth-order valence-electron chi connectivity index (χ4n) is 0.284. The first-order valence-corrected chi connectivity index (χ1v) is 4.08. The lowest BCUT2D eigenvalue weighted by Crippen LogP contribution is -1.89. The number of rotatable bonds is 1. The Morgan fingerprint density at radius 2 is 2.12 bits per heavy atom. The molecule has 44 valence electrons. The van der Waals surface area contributed by atoms with Crippen molar-refractivity contribution in [3.63, 3.8) is 0 Å². The van der Waals surface area contributed by atoms with Crippen molar-refractivity contribution in [2.45, 2.75) is 32.7 Å². The monoisotopic (exact) mass is 124 g/mol. The van der Waals surface area contributed by atoms with Gasteiger partial charge in [-0.3, -0.25) is 0 Å². The van der Waals surface area contributed by atoms with Crippen molar-refractivity contribution in [1.29, 1.82) is 0 Å². The van der Waals surface area contributed by atoms with E-state index in [2.05, 4.69) is 32.2 Å². The minimum atomic E-state index is 0.758. The third kappa shape index (κ3) is 5.78. The second-order valence-corrected chi connectivity index (χ2v) is 3.65. The molecule has 0 aliphatic rings. The molecule has 0 N–H and O–H groups in total. The summed E-state index contributed by atoms with van der Waals surface area (Å²) in [7, 11) is 0.834. The maximum atomic E-state index is 3.11. The first-order valence-electron chi connectivity index (χ1n) is 3.00. The zero-order valence-electron chi connectivity index (χ0n) is 5.78. The van der Waals surface area contributed by atoms with Gasteiger partial charge in [-0.15, -0.1) is 11.5 Å². The molecule has 0 amide bonds. The highest BCUT2D eigenvalue weighted by Crippen LogP contribution is 1.93. The van der Waals surface area contributed by atoms with Crippen LogP contribution in [0.1, 0.15) is 27.2 Å². The Labute approximate surface area is 54.5 Å². The second-order valence-electron chi connectivity index (χ2n) is 1.95. The molecule has 0 saturated heterocycles. The smallest absolute Gasteiger partial charge is 0.135 e. The van der Waals surface area contributed by atoms with Gasteiger partial charge in [-0.2, -0.15) is 0 Å². The Balaban J connectivity index is 3.15. The van der Waals surface area contributed by atoms with E-state index in [1.54, 1.807) is 0 Å². The molecule has 0 unspecified atom stereocenters. The highest BCUT2D eigenvalue weighted by molar-refractivity contribution is 6.47. The van der Waals surface area contributed by atoms with Crippen LogP contribution in [-0.4, -0.2) is 9.52 Å².